The van der Waals surface area contributed by atoms with Crippen molar-refractivity contribution in [3.05, 3.63) is 41.5 Å². The first-order valence-corrected chi connectivity index (χ1v) is 20.9. The van der Waals surface area contributed by atoms with Crippen molar-refractivity contribution in [2.45, 2.75) is 165 Å². The smallest absolute Gasteiger partial charge is 0.327 e. The first kappa shape index (κ1) is 38.0. The molecule has 2 saturated carbocycles. The number of nitrogens with zero attached hydrogens (tertiary/aromatic N) is 2. The summed E-state index contributed by atoms with van der Waals surface area (Å²) in [4.78, 5) is 51.7. The number of carbonyl (C=O) groups is 3. The first-order chi connectivity index (χ1) is 26.3. The number of rotatable bonds is 16. The van der Waals surface area contributed by atoms with E-state index in [1.165, 1.54) is 0 Å². The summed E-state index contributed by atoms with van der Waals surface area (Å²) in [5.41, 5.74) is 0.653. The molecule has 296 valence electrons. The van der Waals surface area contributed by atoms with Crippen molar-refractivity contribution in [1.82, 2.24) is 15.3 Å². The van der Waals surface area contributed by atoms with Crippen LogP contribution < -0.4 is 5.32 Å². The number of nitrogens with one attached hydrogen (secondary N) is 1. The van der Waals surface area contributed by atoms with Gasteiger partial charge in [0.1, 0.15) is 35.9 Å². The summed E-state index contributed by atoms with van der Waals surface area (Å²) in [5.74, 6) is -1.48. The average Bonchev–Trinajstić information content (AvgIpc) is 3.44. The van der Waals surface area contributed by atoms with Crippen LogP contribution in [0.25, 0.3) is 6.08 Å². The number of unbranched alkanes of at least 4 members (excludes halogenated alkanes) is 4. The Morgan fingerprint density at radius 2 is 1.76 bits per heavy atom. The van der Waals surface area contributed by atoms with Gasteiger partial charge in [-0.05, 0) is 62.0 Å². The van der Waals surface area contributed by atoms with Crippen LogP contribution in [-0.2, 0) is 44.7 Å². The number of likely N-dealkylation sites (tertiary alicyclic amines) is 1. The van der Waals surface area contributed by atoms with E-state index in [2.05, 4.69) is 37.4 Å². The van der Waals surface area contributed by atoms with Gasteiger partial charge in [-0.15, -0.1) is 0 Å². The van der Waals surface area contributed by atoms with E-state index in [-0.39, 0.29) is 37.9 Å². The van der Waals surface area contributed by atoms with Gasteiger partial charge in [0, 0.05) is 32.4 Å². The van der Waals surface area contributed by atoms with Gasteiger partial charge < -0.3 is 34.3 Å². The van der Waals surface area contributed by atoms with Crippen LogP contribution in [0.1, 0.15) is 115 Å². The third-order valence-electron chi connectivity index (χ3n) is 13.2. The zero-order chi connectivity index (χ0) is 37.5. The highest BCUT2D eigenvalue weighted by Gasteiger charge is 2.77. The standard InChI is InChI=1S/C42H59N3O9/c1-3-5-9-19-41(20-10-6-4-2)52-34-33-25-42(40(49)44-22-11-14-30(44)38(47)43-21-23-46)36(39(48)51-33)45(54-37(42)35(34)53-41)26-29-13-8-7-12-28(29)17-15-27-16-18-31-32(24-27)50-31/h7-8,12-13,15,17,27,30-37,46H,3-6,9-11,14,16,18-26H2,1-2H3,(H,43,47)/t27?,30-,31?,32?,33-,34+,35+,36+,37-,42+/m1/s1. The van der Waals surface area contributed by atoms with E-state index >= 15 is 4.79 Å². The van der Waals surface area contributed by atoms with Gasteiger partial charge >= 0.3 is 5.97 Å². The summed E-state index contributed by atoms with van der Waals surface area (Å²) < 4.78 is 26.1. The molecule has 2 bridgehead atoms. The van der Waals surface area contributed by atoms with Gasteiger partial charge in [-0.1, -0.05) is 75.9 Å². The molecule has 2 amide bonds. The maximum atomic E-state index is 15.3. The van der Waals surface area contributed by atoms with Crippen LogP contribution in [0.15, 0.2) is 30.3 Å². The van der Waals surface area contributed by atoms with E-state index in [1.54, 1.807) is 9.96 Å². The average molecular weight is 750 g/mol. The molecular weight excluding hydrogens is 690 g/mol. The summed E-state index contributed by atoms with van der Waals surface area (Å²) in [6.07, 6.45) is 14.7. The van der Waals surface area contributed by atoms with Crippen LogP contribution in [0.5, 0.6) is 0 Å². The highest BCUT2D eigenvalue weighted by Crippen LogP contribution is 2.59. The van der Waals surface area contributed by atoms with Crippen molar-refractivity contribution in [2.24, 2.45) is 11.3 Å². The second kappa shape index (κ2) is 15.9. The van der Waals surface area contributed by atoms with Crippen LogP contribution in [0.4, 0.5) is 0 Å². The molecule has 7 aliphatic rings. The molecule has 12 heteroatoms. The number of allylic oxidation sites excluding steroid dienone is 1. The van der Waals surface area contributed by atoms with Crippen LogP contribution in [-0.4, -0.2) is 107 Å². The molecule has 12 nitrogen and oxygen atoms in total. The lowest BCUT2D eigenvalue weighted by Gasteiger charge is -2.50. The Hall–Kier alpha value is -2.87. The summed E-state index contributed by atoms with van der Waals surface area (Å²) >= 11 is 0. The van der Waals surface area contributed by atoms with Gasteiger partial charge in [0.2, 0.25) is 11.8 Å². The number of aliphatic hydroxyl groups is 1. The fourth-order valence-electron chi connectivity index (χ4n) is 10.4. The molecule has 5 saturated heterocycles. The highest BCUT2D eigenvalue weighted by molar-refractivity contribution is 5.96. The Bertz CT molecular complexity index is 1560. The minimum Gasteiger partial charge on any atom is -0.458 e. The Morgan fingerprint density at radius 1 is 0.981 bits per heavy atom. The maximum absolute atomic E-state index is 15.3. The number of hydroxylamine groups is 2. The van der Waals surface area contributed by atoms with E-state index < -0.39 is 53.7 Å². The number of fused-ring (bicyclic) bond motifs is 5. The highest BCUT2D eigenvalue weighted by atomic mass is 16.8. The minimum atomic E-state index is -1.35. The molecule has 0 radical (unpaired) electrons. The minimum absolute atomic E-state index is 0.107. The Morgan fingerprint density at radius 3 is 2.52 bits per heavy atom. The molecule has 0 aromatic heterocycles. The molecule has 0 spiro atoms. The lowest BCUT2D eigenvalue weighted by Crippen LogP contribution is -2.70. The number of esters is 1. The Kier molecular flexibility index (Phi) is 11.2. The van der Waals surface area contributed by atoms with Crippen molar-refractivity contribution in [2.75, 3.05) is 19.7 Å². The van der Waals surface area contributed by atoms with Gasteiger partial charge in [-0.2, -0.15) is 5.06 Å². The monoisotopic (exact) mass is 749 g/mol. The second-order valence-corrected chi connectivity index (χ2v) is 16.7. The molecule has 7 fully saturated rings. The maximum Gasteiger partial charge on any atom is 0.327 e. The van der Waals surface area contributed by atoms with E-state index in [0.717, 1.165) is 68.9 Å². The van der Waals surface area contributed by atoms with Crippen molar-refractivity contribution >= 4 is 23.9 Å². The number of hydrogen-bond acceptors (Lipinski definition) is 10. The predicted molar refractivity (Wildman–Crippen MR) is 198 cm³/mol. The van der Waals surface area contributed by atoms with Crippen LogP contribution in [0, 0.1) is 11.3 Å². The molecule has 5 heterocycles. The summed E-state index contributed by atoms with van der Waals surface area (Å²) in [7, 11) is 0. The van der Waals surface area contributed by atoms with E-state index in [4.69, 9.17) is 23.8 Å². The molecule has 54 heavy (non-hydrogen) atoms. The summed E-state index contributed by atoms with van der Waals surface area (Å²) in [5, 5.41) is 13.9. The van der Waals surface area contributed by atoms with E-state index in [0.29, 0.717) is 50.4 Å². The molecular formula is C42H59N3O9. The van der Waals surface area contributed by atoms with Gasteiger partial charge in [-0.3, -0.25) is 19.2 Å². The van der Waals surface area contributed by atoms with E-state index in [9.17, 15) is 14.7 Å². The zero-order valence-electron chi connectivity index (χ0n) is 32.0. The third kappa shape index (κ3) is 7.04. The summed E-state index contributed by atoms with van der Waals surface area (Å²) in [6.45, 7) is 4.91. The van der Waals surface area contributed by atoms with Gasteiger partial charge in [0.25, 0.3) is 0 Å². The number of hydrogen-bond donors (Lipinski definition) is 2. The Labute approximate surface area is 319 Å². The molecule has 8 rings (SSSR count). The normalized spacial score (nSPS) is 36.2. The predicted octanol–water partition coefficient (Wildman–Crippen LogP) is 4.81. The molecule has 5 aliphatic heterocycles. The molecule has 1 aromatic rings. The molecule has 2 aliphatic carbocycles. The molecule has 10 atom stereocenters. The SMILES string of the molecule is CCCCCC1(CCCCC)O[C@@H]2[C@H](O1)[C@H]1ON(Cc3ccccc3C=CC3CCC4OC4C3)[C@H]3C(=O)O[C@@H]2C[C@@]13C(=O)N1CCC[C@@H]1C(=O)NCCO. The van der Waals surface area contributed by atoms with Crippen molar-refractivity contribution in [1.29, 1.82) is 0 Å². The fraction of sp³-hybridized carbons (Fsp3) is 0.738. The number of benzene rings is 1. The zero-order valence-corrected chi connectivity index (χ0v) is 32.0. The first-order valence-electron chi connectivity index (χ1n) is 20.9. The number of epoxide rings is 1. The molecule has 2 N–H and O–H groups in total. The van der Waals surface area contributed by atoms with Gasteiger partial charge in [0.05, 0.1) is 25.4 Å². The van der Waals surface area contributed by atoms with Gasteiger partial charge in [-0.25, -0.2) is 0 Å². The molecule has 3 unspecified atom stereocenters. The lowest BCUT2D eigenvalue weighted by atomic mass is 9.62. The van der Waals surface area contributed by atoms with E-state index in [1.807, 2.05) is 18.2 Å². The number of aliphatic hydroxyl groups excluding tert-OH is 1. The number of amides is 2. The van der Waals surface area contributed by atoms with Crippen molar-refractivity contribution in [3.8, 4) is 0 Å². The largest absolute Gasteiger partial charge is 0.458 e. The number of carbonyl (C=O) groups excluding carboxylic acids is 3. The number of ether oxygens (including phenoxy) is 4. The van der Waals surface area contributed by atoms with Crippen molar-refractivity contribution < 1.29 is 43.3 Å². The topological polar surface area (TPSA) is 139 Å². The van der Waals surface area contributed by atoms with Crippen LogP contribution in [0.2, 0.25) is 0 Å². The van der Waals surface area contributed by atoms with Crippen molar-refractivity contribution in [3.63, 3.8) is 0 Å². The van der Waals surface area contributed by atoms with Crippen LogP contribution in [0.3, 0.4) is 0 Å². The van der Waals surface area contributed by atoms with Crippen LogP contribution >= 0.6 is 0 Å². The fourth-order valence-corrected chi connectivity index (χ4v) is 10.4. The van der Waals surface area contributed by atoms with Gasteiger partial charge in [0.15, 0.2) is 11.8 Å². The Balaban J connectivity index is 1.13. The molecule has 1 aromatic carbocycles. The third-order valence-corrected chi connectivity index (χ3v) is 13.2. The second-order valence-electron chi connectivity index (χ2n) is 16.7. The lowest BCUT2D eigenvalue weighted by molar-refractivity contribution is -0.225. The summed E-state index contributed by atoms with van der Waals surface area (Å²) in [6, 6.07) is 6.38. The quantitative estimate of drug-likeness (QED) is 0.138.